The van der Waals surface area contributed by atoms with E-state index in [0.29, 0.717) is 12.3 Å². The minimum Gasteiger partial charge on any atom is -0.327 e. The molecule has 0 aromatic carbocycles. The molecule has 3 nitrogen and oxygen atoms in total. The topological polar surface area (TPSA) is 55.1 Å². The van der Waals surface area contributed by atoms with Gasteiger partial charge in [-0.15, -0.1) is 23.7 Å². The third-order valence-electron chi connectivity index (χ3n) is 4.85. The summed E-state index contributed by atoms with van der Waals surface area (Å²) in [7, 11) is 0. The molecule has 1 saturated carbocycles. The van der Waals surface area contributed by atoms with Crippen molar-refractivity contribution >= 4 is 34.7 Å². The van der Waals surface area contributed by atoms with Crippen LogP contribution in [0, 0.1) is 12.8 Å². The maximum absolute atomic E-state index is 12.2. The van der Waals surface area contributed by atoms with Crippen LogP contribution >= 0.6 is 23.7 Å². The van der Waals surface area contributed by atoms with E-state index < -0.39 is 0 Å². The summed E-state index contributed by atoms with van der Waals surface area (Å²) in [6.07, 6.45) is 8.88. The van der Waals surface area contributed by atoms with E-state index in [2.05, 4.69) is 12.2 Å². The van der Waals surface area contributed by atoms with Gasteiger partial charge in [0.15, 0.2) is 0 Å². The number of carbonyl (C=O) groups excluding carboxylic acids is 1. The van der Waals surface area contributed by atoms with Crippen molar-refractivity contribution in [1.82, 2.24) is 0 Å². The van der Waals surface area contributed by atoms with E-state index in [1.165, 1.54) is 48.1 Å². The lowest BCUT2D eigenvalue weighted by Gasteiger charge is -2.14. The van der Waals surface area contributed by atoms with E-state index in [1.54, 1.807) is 11.3 Å². The SMILES string of the molecule is Cc1c(NC(=O)C[C@@H]2CCC[C@H]2N)sc2c1CCCC2.Cl. The molecular weight excluding hydrogens is 304 g/mol. The fourth-order valence-electron chi connectivity index (χ4n) is 3.58. The van der Waals surface area contributed by atoms with Gasteiger partial charge < -0.3 is 11.1 Å². The fourth-order valence-corrected chi connectivity index (χ4v) is 4.89. The second-order valence-electron chi connectivity index (χ2n) is 6.27. The Morgan fingerprint density at radius 1 is 1.29 bits per heavy atom. The Kier molecular flexibility index (Phi) is 5.69. The van der Waals surface area contributed by atoms with Crippen LogP contribution < -0.4 is 11.1 Å². The first kappa shape index (κ1) is 16.8. The number of amides is 1. The first-order valence-electron chi connectivity index (χ1n) is 7.81. The molecule has 118 valence electrons. The van der Waals surface area contributed by atoms with Gasteiger partial charge in [0.25, 0.3) is 0 Å². The molecule has 2 atom stereocenters. The van der Waals surface area contributed by atoms with Gasteiger partial charge in [-0.25, -0.2) is 0 Å². The zero-order valence-corrected chi connectivity index (χ0v) is 14.2. The summed E-state index contributed by atoms with van der Waals surface area (Å²) in [6, 6.07) is 0.221. The molecule has 1 amide bonds. The molecule has 0 spiro atoms. The average molecular weight is 329 g/mol. The molecule has 0 bridgehead atoms. The van der Waals surface area contributed by atoms with E-state index >= 15 is 0 Å². The van der Waals surface area contributed by atoms with Crippen LogP contribution in [0.15, 0.2) is 0 Å². The highest BCUT2D eigenvalue weighted by Gasteiger charge is 2.27. The van der Waals surface area contributed by atoms with E-state index in [4.69, 9.17) is 5.73 Å². The van der Waals surface area contributed by atoms with Crippen molar-refractivity contribution in [3.8, 4) is 0 Å². The molecule has 0 radical (unpaired) electrons. The van der Waals surface area contributed by atoms with Crippen molar-refractivity contribution in [2.24, 2.45) is 11.7 Å². The van der Waals surface area contributed by atoms with Crippen molar-refractivity contribution < 1.29 is 4.79 Å². The quantitative estimate of drug-likeness (QED) is 0.886. The number of anilines is 1. The van der Waals surface area contributed by atoms with Crippen LogP contribution in [0.25, 0.3) is 0 Å². The molecular formula is C16H25ClN2OS. The maximum atomic E-state index is 12.2. The largest absolute Gasteiger partial charge is 0.327 e. The molecule has 3 rings (SSSR count). The first-order chi connectivity index (χ1) is 9.65. The Labute approximate surface area is 137 Å². The summed E-state index contributed by atoms with van der Waals surface area (Å²) >= 11 is 1.79. The predicted molar refractivity (Wildman–Crippen MR) is 91.5 cm³/mol. The molecule has 2 aliphatic rings. The Morgan fingerprint density at radius 3 is 2.71 bits per heavy atom. The average Bonchev–Trinajstić information content (AvgIpc) is 2.96. The van der Waals surface area contributed by atoms with Crippen molar-refractivity contribution in [3.63, 3.8) is 0 Å². The second kappa shape index (κ2) is 7.12. The predicted octanol–water partition coefficient (Wildman–Crippen LogP) is 3.81. The Balaban J connectivity index is 0.00000161. The molecule has 2 aliphatic carbocycles. The number of thiophene rings is 1. The maximum Gasteiger partial charge on any atom is 0.225 e. The number of rotatable bonds is 3. The number of aryl methyl sites for hydroxylation is 1. The lowest BCUT2D eigenvalue weighted by molar-refractivity contribution is -0.117. The minimum absolute atomic E-state index is 0. The minimum atomic E-state index is 0. The third-order valence-corrected chi connectivity index (χ3v) is 6.16. The Morgan fingerprint density at radius 2 is 2.05 bits per heavy atom. The third kappa shape index (κ3) is 3.61. The summed E-state index contributed by atoms with van der Waals surface area (Å²) in [4.78, 5) is 13.7. The molecule has 21 heavy (non-hydrogen) atoms. The molecule has 0 aliphatic heterocycles. The molecule has 5 heteroatoms. The lowest BCUT2D eigenvalue weighted by atomic mass is 9.96. The van der Waals surface area contributed by atoms with Gasteiger partial charge in [-0.05, 0) is 62.5 Å². The second-order valence-corrected chi connectivity index (χ2v) is 7.38. The van der Waals surface area contributed by atoms with Gasteiger partial charge in [-0.3, -0.25) is 4.79 Å². The van der Waals surface area contributed by atoms with Crippen LogP contribution in [0.3, 0.4) is 0 Å². The molecule has 1 aromatic rings. The van der Waals surface area contributed by atoms with E-state index in [1.807, 2.05) is 0 Å². The number of fused-ring (bicyclic) bond motifs is 1. The highest BCUT2D eigenvalue weighted by Crippen LogP contribution is 2.37. The van der Waals surface area contributed by atoms with Crippen LogP contribution in [0.5, 0.6) is 0 Å². The van der Waals surface area contributed by atoms with Gasteiger partial charge in [0, 0.05) is 17.3 Å². The summed E-state index contributed by atoms with van der Waals surface area (Å²) < 4.78 is 0. The zero-order chi connectivity index (χ0) is 14.1. The fraction of sp³-hybridized carbons (Fsp3) is 0.688. The van der Waals surface area contributed by atoms with Crippen LogP contribution in [0.4, 0.5) is 5.00 Å². The van der Waals surface area contributed by atoms with Gasteiger partial charge >= 0.3 is 0 Å². The van der Waals surface area contributed by atoms with Crippen molar-refractivity contribution in [1.29, 1.82) is 0 Å². The van der Waals surface area contributed by atoms with E-state index in [-0.39, 0.29) is 24.4 Å². The van der Waals surface area contributed by atoms with Crippen LogP contribution in [-0.4, -0.2) is 11.9 Å². The highest BCUT2D eigenvalue weighted by atomic mass is 35.5. The van der Waals surface area contributed by atoms with Crippen molar-refractivity contribution in [2.75, 3.05) is 5.32 Å². The summed E-state index contributed by atoms with van der Waals surface area (Å²) in [5.41, 5.74) is 8.85. The Bertz CT molecular complexity index is 515. The summed E-state index contributed by atoms with van der Waals surface area (Å²) in [5, 5.41) is 4.22. The molecule has 3 N–H and O–H groups in total. The van der Waals surface area contributed by atoms with Gasteiger partial charge in [0.05, 0.1) is 5.00 Å². The number of hydrogen-bond donors (Lipinski definition) is 2. The summed E-state index contributed by atoms with van der Waals surface area (Å²) in [5.74, 6) is 0.527. The molecule has 0 saturated heterocycles. The number of carbonyl (C=O) groups is 1. The molecule has 1 fully saturated rings. The van der Waals surface area contributed by atoms with Crippen LogP contribution in [0.1, 0.15) is 54.5 Å². The number of nitrogens with two attached hydrogens (primary N) is 1. The zero-order valence-electron chi connectivity index (χ0n) is 12.6. The molecule has 0 unspecified atom stereocenters. The number of halogens is 1. The monoisotopic (exact) mass is 328 g/mol. The smallest absolute Gasteiger partial charge is 0.225 e. The van der Waals surface area contributed by atoms with Crippen LogP contribution in [-0.2, 0) is 17.6 Å². The van der Waals surface area contributed by atoms with Gasteiger partial charge in [-0.1, -0.05) is 6.42 Å². The highest BCUT2D eigenvalue weighted by molar-refractivity contribution is 7.16. The van der Waals surface area contributed by atoms with Crippen molar-refractivity contribution in [2.45, 2.75) is 64.3 Å². The normalized spacial score (nSPS) is 24.3. The van der Waals surface area contributed by atoms with Crippen LogP contribution in [0.2, 0.25) is 0 Å². The standard InChI is InChI=1S/C16H24N2OS.ClH/c1-10-12-6-2-3-8-14(12)20-16(10)18-15(19)9-11-5-4-7-13(11)17;/h11,13H,2-9,17H2,1H3,(H,18,19);1H/t11-,13+;/m0./s1. The van der Waals surface area contributed by atoms with Gasteiger partial charge in [-0.2, -0.15) is 0 Å². The van der Waals surface area contributed by atoms with Gasteiger partial charge in [0.1, 0.15) is 0 Å². The summed E-state index contributed by atoms with van der Waals surface area (Å²) in [6.45, 7) is 2.15. The lowest BCUT2D eigenvalue weighted by Crippen LogP contribution is -2.28. The number of hydrogen-bond acceptors (Lipinski definition) is 3. The molecule has 1 heterocycles. The van der Waals surface area contributed by atoms with E-state index in [0.717, 1.165) is 17.8 Å². The van der Waals surface area contributed by atoms with Crippen molar-refractivity contribution in [3.05, 3.63) is 16.0 Å². The first-order valence-corrected chi connectivity index (χ1v) is 8.63. The Hall–Kier alpha value is -0.580. The number of nitrogens with one attached hydrogen (secondary N) is 1. The molecule has 1 aromatic heterocycles. The van der Waals surface area contributed by atoms with Gasteiger partial charge in [0.2, 0.25) is 5.91 Å². The van der Waals surface area contributed by atoms with E-state index in [9.17, 15) is 4.79 Å².